The summed E-state index contributed by atoms with van der Waals surface area (Å²) in [4.78, 5) is 11.1. The third kappa shape index (κ3) is 3.58. The van der Waals surface area contributed by atoms with Crippen molar-refractivity contribution in [2.24, 2.45) is 0 Å². The largest absolute Gasteiger partial charge is 0.493 e. The Morgan fingerprint density at radius 1 is 1.05 bits per heavy atom. The van der Waals surface area contributed by atoms with Crippen LogP contribution < -0.4 is 9.47 Å². The van der Waals surface area contributed by atoms with Crippen molar-refractivity contribution in [1.29, 1.82) is 0 Å². The second kappa shape index (κ2) is 6.05. The summed E-state index contributed by atoms with van der Waals surface area (Å²) in [6.07, 6.45) is 0.405. The van der Waals surface area contributed by atoms with Crippen molar-refractivity contribution in [2.75, 3.05) is 7.11 Å². The molecule has 0 amide bonds. The van der Waals surface area contributed by atoms with E-state index in [4.69, 9.17) is 9.47 Å². The van der Waals surface area contributed by atoms with E-state index in [9.17, 15) is 4.79 Å². The lowest BCUT2D eigenvalue weighted by atomic mass is 10.1. The number of hydrogen-bond donors (Lipinski definition) is 0. The summed E-state index contributed by atoms with van der Waals surface area (Å²) >= 11 is 0. The number of carbonyl (C=O) groups excluding carboxylic acids is 1. The Hall–Kier alpha value is -2.29. The normalized spacial score (nSPS) is 10.0. The maximum Gasteiger partial charge on any atom is 0.169 e. The first-order valence-electron chi connectivity index (χ1n) is 6.08. The lowest BCUT2D eigenvalue weighted by Gasteiger charge is -2.11. The number of ether oxygens (including phenoxy) is 2. The molecule has 0 spiro atoms. The molecule has 3 nitrogen and oxygen atoms in total. The lowest BCUT2D eigenvalue weighted by Crippen LogP contribution is -1.98. The van der Waals surface area contributed by atoms with E-state index in [1.807, 2.05) is 48.5 Å². The predicted molar refractivity (Wildman–Crippen MR) is 73.9 cm³/mol. The van der Waals surface area contributed by atoms with Crippen LogP contribution in [0.2, 0.25) is 0 Å². The van der Waals surface area contributed by atoms with Crippen LogP contribution in [0.4, 0.5) is 0 Å². The van der Waals surface area contributed by atoms with E-state index < -0.39 is 0 Å². The van der Waals surface area contributed by atoms with E-state index in [0.717, 1.165) is 11.3 Å². The van der Waals surface area contributed by atoms with Gasteiger partial charge in [-0.2, -0.15) is 0 Å². The summed E-state index contributed by atoms with van der Waals surface area (Å²) in [5, 5.41) is 0. The van der Waals surface area contributed by atoms with Gasteiger partial charge in [0.2, 0.25) is 0 Å². The Bertz CT molecular complexity index is 561. The van der Waals surface area contributed by atoms with Gasteiger partial charge in [-0.25, -0.2) is 0 Å². The third-order valence-corrected chi connectivity index (χ3v) is 2.65. The van der Waals surface area contributed by atoms with Crippen molar-refractivity contribution in [1.82, 2.24) is 0 Å². The van der Waals surface area contributed by atoms with Gasteiger partial charge in [0.05, 0.1) is 7.11 Å². The van der Waals surface area contributed by atoms with Gasteiger partial charge in [-0.05, 0) is 36.8 Å². The quantitative estimate of drug-likeness (QED) is 0.819. The zero-order valence-electron chi connectivity index (χ0n) is 11.1. The van der Waals surface area contributed by atoms with Crippen LogP contribution in [-0.4, -0.2) is 12.9 Å². The minimum atomic E-state index is 0.124. The summed E-state index contributed by atoms with van der Waals surface area (Å²) < 4.78 is 11.1. The van der Waals surface area contributed by atoms with Crippen LogP contribution in [-0.2, 0) is 11.2 Å². The van der Waals surface area contributed by atoms with E-state index in [1.165, 1.54) is 0 Å². The molecule has 98 valence electrons. The third-order valence-electron chi connectivity index (χ3n) is 2.65. The topological polar surface area (TPSA) is 35.5 Å². The van der Waals surface area contributed by atoms with Crippen LogP contribution >= 0.6 is 0 Å². The number of rotatable bonds is 5. The Balaban J connectivity index is 2.23. The van der Waals surface area contributed by atoms with E-state index in [1.54, 1.807) is 14.0 Å². The van der Waals surface area contributed by atoms with Gasteiger partial charge in [-0.3, -0.25) is 4.79 Å². The maximum atomic E-state index is 11.1. The van der Waals surface area contributed by atoms with Crippen LogP contribution in [0.25, 0.3) is 0 Å². The second-order valence-electron chi connectivity index (χ2n) is 4.28. The number of para-hydroxylation sites is 1. The average molecular weight is 256 g/mol. The van der Waals surface area contributed by atoms with Gasteiger partial charge < -0.3 is 9.47 Å². The number of methoxy groups -OCH3 is 1. The monoisotopic (exact) mass is 256 g/mol. The molecule has 0 aromatic heterocycles. The molecule has 0 radical (unpaired) electrons. The molecule has 0 unspecified atom stereocenters. The van der Waals surface area contributed by atoms with E-state index in [-0.39, 0.29) is 5.78 Å². The highest BCUT2D eigenvalue weighted by molar-refractivity contribution is 5.78. The lowest BCUT2D eigenvalue weighted by molar-refractivity contribution is -0.116. The highest BCUT2D eigenvalue weighted by Crippen LogP contribution is 2.32. The van der Waals surface area contributed by atoms with Crippen molar-refractivity contribution < 1.29 is 14.3 Å². The molecule has 19 heavy (non-hydrogen) atoms. The van der Waals surface area contributed by atoms with Crippen LogP contribution in [0.5, 0.6) is 17.2 Å². The van der Waals surface area contributed by atoms with Crippen molar-refractivity contribution in [2.45, 2.75) is 13.3 Å². The smallest absolute Gasteiger partial charge is 0.169 e. The summed E-state index contributed by atoms with van der Waals surface area (Å²) in [7, 11) is 1.59. The SMILES string of the molecule is COc1cc(CC(C)=O)ccc1Oc1ccccc1. The number of benzene rings is 2. The summed E-state index contributed by atoms with van der Waals surface area (Å²) in [6.45, 7) is 1.57. The van der Waals surface area contributed by atoms with Gasteiger partial charge in [0.25, 0.3) is 0 Å². The molecular formula is C16H16O3. The van der Waals surface area contributed by atoms with Crippen LogP contribution in [0, 0.1) is 0 Å². The highest BCUT2D eigenvalue weighted by atomic mass is 16.5. The molecular weight excluding hydrogens is 240 g/mol. The van der Waals surface area contributed by atoms with Crippen molar-refractivity contribution in [3.63, 3.8) is 0 Å². The number of ketones is 1. The van der Waals surface area contributed by atoms with Gasteiger partial charge in [0.1, 0.15) is 11.5 Å². The van der Waals surface area contributed by atoms with Crippen molar-refractivity contribution in [3.05, 3.63) is 54.1 Å². The fraction of sp³-hybridized carbons (Fsp3) is 0.188. The molecule has 0 aliphatic heterocycles. The Morgan fingerprint density at radius 2 is 1.79 bits per heavy atom. The molecule has 0 aliphatic rings. The van der Waals surface area contributed by atoms with Crippen LogP contribution in [0.1, 0.15) is 12.5 Å². The summed E-state index contributed by atoms with van der Waals surface area (Å²) in [5.41, 5.74) is 0.921. The zero-order chi connectivity index (χ0) is 13.7. The minimum Gasteiger partial charge on any atom is -0.493 e. The fourth-order valence-electron chi connectivity index (χ4n) is 1.81. The predicted octanol–water partition coefficient (Wildman–Crippen LogP) is 3.62. The average Bonchev–Trinajstić information content (AvgIpc) is 2.41. The van der Waals surface area contributed by atoms with Crippen molar-refractivity contribution in [3.8, 4) is 17.2 Å². The van der Waals surface area contributed by atoms with E-state index in [0.29, 0.717) is 17.9 Å². The standard InChI is InChI=1S/C16H16O3/c1-12(17)10-13-8-9-15(16(11-13)18-2)19-14-6-4-3-5-7-14/h3-9,11H,10H2,1-2H3. The molecule has 0 N–H and O–H groups in total. The first kappa shape index (κ1) is 13.1. The van der Waals surface area contributed by atoms with Crippen LogP contribution in [0.3, 0.4) is 0 Å². The number of carbonyl (C=O) groups is 1. The van der Waals surface area contributed by atoms with E-state index >= 15 is 0 Å². The molecule has 2 aromatic rings. The molecule has 3 heteroatoms. The van der Waals surface area contributed by atoms with Gasteiger partial charge in [0.15, 0.2) is 11.5 Å². The molecule has 0 saturated heterocycles. The Kier molecular flexibility index (Phi) is 4.18. The zero-order valence-corrected chi connectivity index (χ0v) is 11.1. The van der Waals surface area contributed by atoms with Crippen molar-refractivity contribution >= 4 is 5.78 Å². The fourth-order valence-corrected chi connectivity index (χ4v) is 1.81. The molecule has 0 atom stereocenters. The van der Waals surface area contributed by atoms with E-state index in [2.05, 4.69) is 0 Å². The maximum absolute atomic E-state index is 11.1. The molecule has 2 rings (SSSR count). The number of hydrogen-bond acceptors (Lipinski definition) is 3. The molecule has 0 bridgehead atoms. The van der Waals surface area contributed by atoms with Gasteiger partial charge in [0, 0.05) is 6.42 Å². The first-order valence-corrected chi connectivity index (χ1v) is 6.08. The molecule has 0 fully saturated rings. The molecule has 2 aromatic carbocycles. The molecule has 0 saturated carbocycles. The highest BCUT2D eigenvalue weighted by Gasteiger charge is 2.08. The Labute approximate surface area is 112 Å². The molecule has 0 heterocycles. The van der Waals surface area contributed by atoms with Gasteiger partial charge in [-0.1, -0.05) is 24.3 Å². The van der Waals surface area contributed by atoms with Gasteiger partial charge in [-0.15, -0.1) is 0 Å². The minimum absolute atomic E-state index is 0.124. The second-order valence-corrected chi connectivity index (χ2v) is 4.28. The molecule has 0 aliphatic carbocycles. The first-order chi connectivity index (χ1) is 9.19. The number of Topliss-reactive ketones (excluding diaryl/α,β-unsaturated/α-hetero) is 1. The Morgan fingerprint density at radius 3 is 2.42 bits per heavy atom. The van der Waals surface area contributed by atoms with Gasteiger partial charge >= 0.3 is 0 Å². The summed E-state index contributed by atoms with van der Waals surface area (Å²) in [5.74, 6) is 2.14. The van der Waals surface area contributed by atoms with Crippen LogP contribution in [0.15, 0.2) is 48.5 Å². The summed E-state index contributed by atoms with van der Waals surface area (Å²) in [6, 6.07) is 15.0.